The Kier molecular flexibility index (Phi) is 7.95. The van der Waals surface area contributed by atoms with Gasteiger partial charge in [0.2, 0.25) is 0 Å². The molecule has 0 saturated heterocycles. The fourth-order valence-electron chi connectivity index (χ4n) is 4.62. The van der Waals surface area contributed by atoms with E-state index in [9.17, 15) is 19.7 Å². The maximum absolute atomic E-state index is 13.9. The number of methoxy groups -OCH3 is 1. The van der Waals surface area contributed by atoms with E-state index in [4.69, 9.17) is 13.9 Å². The van der Waals surface area contributed by atoms with Crippen LogP contribution in [0.4, 0.5) is 5.69 Å². The molecule has 2 aromatic heterocycles. The van der Waals surface area contributed by atoms with Crippen LogP contribution in [0.3, 0.4) is 0 Å². The summed E-state index contributed by atoms with van der Waals surface area (Å²) >= 11 is 3.37. The number of nitrogens with zero attached hydrogens (tertiary/aromatic N) is 3. The molecule has 0 saturated carbocycles. The fourth-order valence-corrected chi connectivity index (χ4v) is 6.42. The number of allylic oxidation sites excluding steroid dienone is 1. The van der Waals surface area contributed by atoms with Crippen molar-refractivity contribution in [3.05, 3.63) is 110 Å². The molecule has 0 fully saturated rings. The van der Waals surface area contributed by atoms with E-state index < -0.39 is 16.9 Å². The average Bonchev–Trinajstić information content (AvgIpc) is 3.53. The van der Waals surface area contributed by atoms with Gasteiger partial charge in [0.25, 0.3) is 11.2 Å². The number of nitro benzene ring substituents is 1. The van der Waals surface area contributed by atoms with Crippen molar-refractivity contribution in [3.63, 3.8) is 0 Å². The van der Waals surface area contributed by atoms with Gasteiger partial charge >= 0.3 is 5.97 Å². The molecule has 1 atom stereocenters. The van der Waals surface area contributed by atoms with Crippen LogP contribution in [0.25, 0.3) is 17.4 Å². The Morgan fingerprint density at radius 2 is 2.00 bits per heavy atom. The zero-order valence-electron chi connectivity index (χ0n) is 22.5. The second kappa shape index (κ2) is 11.4. The third-order valence-corrected chi connectivity index (χ3v) is 8.41. The smallest absolute Gasteiger partial charge is 0.338 e. The first kappa shape index (κ1) is 28.5. The van der Waals surface area contributed by atoms with E-state index in [-0.39, 0.29) is 23.4 Å². The van der Waals surface area contributed by atoms with Crippen LogP contribution in [0.2, 0.25) is 0 Å². The predicted molar refractivity (Wildman–Crippen MR) is 162 cm³/mol. The van der Waals surface area contributed by atoms with Crippen molar-refractivity contribution in [3.8, 4) is 17.1 Å². The molecular weight excluding hydrogens is 661 g/mol. The molecule has 10 nitrogen and oxygen atoms in total. The summed E-state index contributed by atoms with van der Waals surface area (Å²) in [6.45, 7) is 5.35. The summed E-state index contributed by atoms with van der Waals surface area (Å²) in [6, 6.07) is 12.5. The highest BCUT2D eigenvalue weighted by molar-refractivity contribution is 14.1. The number of furan rings is 1. The van der Waals surface area contributed by atoms with Gasteiger partial charge in [-0.2, -0.15) is 0 Å². The number of aromatic nitrogens is 1. The minimum absolute atomic E-state index is 0.0762. The highest BCUT2D eigenvalue weighted by atomic mass is 127. The van der Waals surface area contributed by atoms with E-state index in [1.165, 1.54) is 28.0 Å². The van der Waals surface area contributed by atoms with E-state index in [1.807, 2.05) is 25.1 Å². The van der Waals surface area contributed by atoms with Gasteiger partial charge in [0.1, 0.15) is 23.3 Å². The summed E-state index contributed by atoms with van der Waals surface area (Å²) in [6.07, 6.45) is 1.77. The molecule has 0 spiro atoms. The lowest BCUT2D eigenvalue weighted by Crippen LogP contribution is -2.39. The zero-order valence-corrected chi connectivity index (χ0v) is 25.4. The van der Waals surface area contributed by atoms with Gasteiger partial charge in [-0.15, -0.1) is 0 Å². The fraction of sp³-hybridized carbons (Fsp3) is 0.207. The topological polar surface area (TPSA) is 126 Å². The number of carbonyl (C=O) groups excluding carboxylic acids is 1. The van der Waals surface area contributed by atoms with E-state index in [2.05, 4.69) is 27.6 Å². The molecule has 0 bridgehead atoms. The summed E-state index contributed by atoms with van der Waals surface area (Å²) in [4.78, 5) is 42.9. The minimum Gasteiger partial charge on any atom is -0.496 e. The first-order valence-corrected chi connectivity index (χ1v) is 14.4. The van der Waals surface area contributed by atoms with Crippen molar-refractivity contribution >= 4 is 51.7 Å². The molecule has 1 aliphatic heterocycles. The maximum Gasteiger partial charge on any atom is 0.338 e. The van der Waals surface area contributed by atoms with Gasteiger partial charge in [0.05, 0.1) is 38.0 Å². The zero-order chi connectivity index (χ0) is 29.4. The van der Waals surface area contributed by atoms with Crippen LogP contribution < -0.4 is 19.6 Å². The second-order valence-electron chi connectivity index (χ2n) is 9.15. The quantitative estimate of drug-likeness (QED) is 0.117. The third-order valence-electron chi connectivity index (χ3n) is 6.58. The van der Waals surface area contributed by atoms with Crippen LogP contribution in [0.1, 0.15) is 36.8 Å². The lowest BCUT2D eigenvalue weighted by molar-refractivity contribution is -0.384. The van der Waals surface area contributed by atoms with Gasteiger partial charge in [-0.05, 0) is 84.8 Å². The number of carbonyl (C=O) groups is 1. The van der Waals surface area contributed by atoms with Crippen molar-refractivity contribution in [2.75, 3.05) is 13.7 Å². The molecule has 210 valence electrons. The van der Waals surface area contributed by atoms with Crippen LogP contribution in [-0.4, -0.2) is 29.2 Å². The van der Waals surface area contributed by atoms with Crippen LogP contribution in [0.15, 0.2) is 74.0 Å². The summed E-state index contributed by atoms with van der Waals surface area (Å²) < 4.78 is 19.7. The number of esters is 1. The highest BCUT2D eigenvalue weighted by Crippen LogP contribution is 2.36. The Hall–Kier alpha value is -4.04. The number of benzene rings is 2. The number of nitro groups is 1. The lowest BCUT2D eigenvalue weighted by Gasteiger charge is -2.22. The molecule has 0 amide bonds. The SMILES string of the molecule is CCOC(=O)C1=C(C)N=c2s/c(=C\c3ccc(OC)c(I)c3)c(=O)n2[C@@H]1c1ccc(-c2cc([N+](=O)[O-])ccc2C)o1. The Bertz CT molecular complexity index is 1920. The molecule has 2 aromatic carbocycles. The Balaban J connectivity index is 1.68. The normalized spacial score (nSPS) is 15.0. The summed E-state index contributed by atoms with van der Waals surface area (Å²) in [5.74, 6) is 0.789. The third kappa shape index (κ3) is 5.36. The summed E-state index contributed by atoms with van der Waals surface area (Å²) in [5, 5.41) is 11.4. The van der Waals surface area contributed by atoms with Gasteiger partial charge in [-0.1, -0.05) is 23.5 Å². The summed E-state index contributed by atoms with van der Waals surface area (Å²) in [5.41, 5.74) is 2.28. The molecule has 0 radical (unpaired) electrons. The molecular formula is C29H24IN3O7S. The average molecular weight is 685 g/mol. The number of non-ortho nitro benzene ring substituents is 1. The van der Waals surface area contributed by atoms with Gasteiger partial charge in [-0.25, -0.2) is 9.79 Å². The predicted octanol–water partition coefficient (Wildman–Crippen LogP) is 4.89. The molecule has 12 heteroatoms. The standard InChI is InChI=1S/C29H24IN3O7S/c1-5-39-28(35)25-16(3)31-29-32(27(34)24(41-29)13-17-7-9-22(38-4)20(30)12-17)26(25)23-11-10-21(40-23)19-14-18(33(36)37)8-6-15(19)2/h6-14,26H,5H2,1-4H3/b24-13-/t26-/m1/s1. The monoisotopic (exact) mass is 685 g/mol. The summed E-state index contributed by atoms with van der Waals surface area (Å²) in [7, 11) is 1.60. The van der Waals surface area contributed by atoms with Gasteiger partial charge in [0.15, 0.2) is 4.80 Å². The molecule has 41 heavy (non-hydrogen) atoms. The van der Waals surface area contributed by atoms with Crippen LogP contribution in [0, 0.1) is 20.6 Å². The number of thiazole rings is 1. The van der Waals surface area contributed by atoms with Crippen molar-refractivity contribution in [2.24, 2.45) is 4.99 Å². The van der Waals surface area contributed by atoms with Crippen molar-refractivity contribution in [1.82, 2.24) is 4.57 Å². The first-order valence-electron chi connectivity index (χ1n) is 12.5. The Morgan fingerprint density at radius 3 is 2.68 bits per heavy atom. The van der Waals surface area contributed by atoms with E-state index >= 15 is 0 Å². The Morgan fingerprint density at radius 1 is 1.22 bits per heavy atom. The molecule has 0 aliphatic carbocycles. The molecule has 1 aliphatic rings. The first-order chi connectivity index (χ1) is 19.6. The van der Waals surface area contributed by atoms with Crippen LogP contribution in [0.5, 0.6) is 5.75 Å². The van der Waals surface area contributed by atoms with Gasteiger partial charge < -0.3 is 13.9 Å². The number of ether oxygens (including phenoxy) is 2. The lowest BCUT2D eigenvalue weighted by atomic mass is 10.0. The van der Waals surface area contributed by atoms with Crippen LogP contribution >= 0.6 is 33.9 Å². The molecule has 0 unspecified atom stereocenters. The van der Waals surface area contributed by atoms with E-state index in [1.54, 1.807) is 45.2 Å². The van der Waals surface area contributed by atoms with E-state index in [0.29, 0.717) is 32.1 Å². The Labute approximate surface area is 251 Å². The number of aryl methyl sites for hydroxylation is 1. The maximum atomic E-state index is 13.9. The molecule has 0 N–H and O–H groups in total. The highest BCUT2D eigenvalue weighted by Gasteiger charge is 2.35. The van der Waals surface area contributed by atoms with Gasteiger partial charge in [0, 0.05) is 17.7 Å². The molecule has 3 heterocycles. The minimum atomic E-state index is -0.948. The van der Waals surface area contributed by atoms with Crippen molar-refractivity contribution in [1.29, 1.82) is 0 Å². The number of halogens is 1. The van der Waals surface area contributed by atoms with Crippen LogP contribution in [-0.2, 0) is 9.53 Å². The number of hydrogen-bond donors (Lipinski definition) is 0. The van der Waals surface area contributed by atoms with E-state index in [0.717, 1.165) is 20.4 Å². The number of fused-ring (bicyclic) bond motifs is 1. The largest absolute Gasteiger partial charge is 0.496 e. The van der Waals surface area contributed by atoms with Gasteiger partial charge in [-0.3, -0.25) is 19.5 Å². The molecule has 4 aromatic rings. The molecule has 5 rings (SSSR count). The second-order valence-corrected chi connectivity index (χ2v) is 11.3. The number of rotatable bonds is 7. The van der Waals surface area contributed by atoms with Crippen molar-refractivity contribution < 1.29 is 23.6 Å². The van der Waals surface area contributed by atoms with Crippen molar-refractivity contribution in [2.45, 2.75) is 26.8 Å². The number of hydrogen-bond acceptors (Lipinski definition) is 9.